The second kappa shape index (κ2) is 11.7. The van der Waals surface area contributed by atoms with Crippen molar-refractivity contribution in [2.24, 2.45) is 0 Å². The molecule has 3 rings (SSSR count). The lowest BCUT2D eigenvalue weighted by molar-refractivity contribution is -0.116. The number of thiazole rings is 1. The first-order valence-electron chi connectivity index (χ1n) is 10.5. The Labute approximate surface area is 197 Å². The maximum absolute atomic E-state index is 13.2. The van der Waals surface area contributed by atoms with Gasteiger partial charge in [0.1, 0.15) is 5.75 Å². The molecule has 0 fully saturated rings. The third-order valence-corrected chi connectivity index (χ3v) is 7.19. The predicted molar refractivity (Wildman–Crippen MR) is 133 cm³/mol. The van der Waals surface area contributed by atoms with Crippen LogP contribution in [0.15, 0.2) is 47.4 Å². The Balaban J connectivity index is 1.80. The molecule has 0 aliphatic carbocycles. The largest absolute Gasteiger partial charge is 0.494 e. The summed E-state index contributed by atoms with van der Waals surface area (Å²) in [5, 5.41) is 1.43. The molecule has 0 atom stereocenters. The molecule has 8 heteroatoms. The van der Waals surface area contributed by atoms with Crippen molar-refractivity contribution in [2.75, 3.05) is 43.4 Å². The molecule has 0 spiro atoms. The Morgan fingerprint density at radius 1 is 1.10 bits per heavy atom. The summed E-state index contributed by atoms with van der Waals surface area (Å²) in [5.41, 5.74) is 0.884. The number of carbonyl (C=O) groups is 1. The highest BCUT2D eigenvalue weighted by atomic mass is 35.5. The Morgan fingerprint density at radius 3 is 2.52 bits per heavy atom. The molecule has 0 saturated heterocycles. The van der Waals surface area contributed by atoms with Gasteiger partial charge in [-0.15, -0.1) is 11.8 Å². The van der Waals surface area contributed by atoms with Crippen LogP contribution in [0.25, 0.3) is 10.2 Å². The molecule has 0 saturated carbocycles. The Kier molecular flexibility index (Phi) is 9.02. The summed E-state index contributed by atoms with van der Waals surface area (Å²) >= 11 is 9.02. The molecule has 2 aromatic carbocycles. The quantitative estimate of drug-likeness (QED) is 0.326. The predicted octanol–water partition coefficient (Wildman–Crippen LogP) is 5.82. The number of rotatable bonds is 11. The first kappa shape index (κ1) is 23.9. The van der Waals surface area contributed by atoms with E-state index in [2.05, 4.69) is 18.7 Å². The number of amides is 1. The van der Waals surface area contributed by atoms with Crippen LogP contribution in [0.4, 0.5) is 5.13 Å². The topological polar surface area (TPSA) is 45.7 Å². The maximum atomic E-state index is 13.2. The summed E-state index contributed by atoms with van der Waals surface area (Å²) in [6.07, 6.45) is 0. The number of anilines is 1. The van der Waals surface area contributed by atoms with Crippen LogP contribution in [-0.2, 0) is 4.79 Å². The molecule has 1 aromatic heterocycles. The fraction of sp³-hybridized carbons (Fsp3) is 0.391. The minimum atomic E-state index is 0.0520. The van der Waals surface area contributed by atoms with Crippen LogP contribution in [0.3, 0.4) is 0 Å². The van der Waals surface area contributed by atoms with E-state index in [0.29, 0.717) is 23.9 Å². The van der Waals surface area contributed by atoms with Crippen molar-refractivity contribution in [1.29, 1.82) is 0 Å². The van der Waals surface area contributed by atoms with Crippen molar-refractivity contribution in [3.63, 3.8) is 0 Å². The van der Waals surface area contributed by atoms with Gasteiger partial charge in [-0.05, 0) is 62.5 Å². The zero-order chi connectivity index (χ0) is 22.2. The van der Waals surface area contributed by atoms with Gasteiger partial charge in [-0.3, -0.25) is 9.69 Å². The van der Waals surface area contributed by atoms with Crippen molar-refractivity contribution in [3.05, 3.63) is 47.5 Å². The highest BCUT2D eigenvalue weighted by Gasteiger charge is 2.21. The third-order valence-electron chi connectivity index (χ3n) is 4.90. The fourth-order valence-corrected chi connectivity index (χ4v) is 5.06. The maximum Gasteiger partial charge on any atom is 0.239 e. The van der Waals surface area contributed by atoms with Gasteiger partial charge in [-0.25, -0.2) is 4.98 Å². The average Bonchev–Trinajstić information content (AvgIpc) is 3.19. The second-order valence-electron chi connectivity index (χ2n) is 6.87. The number of nitrogens with zero attached hydrogens (tertiary/aromatic N) is 3. The molecule has 0 aliphatic rings. The molecule has 1 heterocycles. The lowest BCUT2D eigenvalue weighted by Gasteiger charge is -2.24. The van der Waals surface area contributed by atoms with E-state index in [1.807, 2.05) is 54.3 Å². The van der Waals surface area contributed by atoms with E-state index in [9.17, 15) is 4.79 Å². The lowest BCUT2D eigenvalue weighted by Crippen LogP contribution is -2.39. The molecule has 5 nitrogen and oxygen atoms in total. The molecule has 31 heavy (non-hydrogen) atoms. The number of halogens is 1. The minimum absolute atomic E-state index is 0.0520. The number of hydrogen-bond donors (Lipinski definition) is 0. The Bertz CT molecular complexity index is 990. The van der Waals surface area contributed by atoms with Crippen molar-refractivity contribution in [2.45, 2.75) is 25.7 Å². The molecule has 0 bridgehead atoms. The van der Waals surface area contributed by atoms with Crippen LogP contribution >= 0.6 is 34.7 Å². The summed E-state index contributed by atoms with van der Waals surface area (Å²) in [6.45, 7) is 10.2. The number of hydrogen-bond acceptors (Lipinski definition) is 6. The smallest absolute Gasteiger partial charge is 0.239 e. The average molecular weight is 478 g/mol. The van der Waals surface area contributed by atoms with Gasteiger partial charge >= 0.3 is 0 Å². The number of carbonyl (C=O) groups excluding carboxylic acids is 1. The van der Waals surface area contributed by atoms with E-state index in [1.165, 1.54) is 23.1 Å². The Hall–Kier alpha value is -1.80. The van der Waals surface area contributed by atoms with Gasteiger partial charge in [-0.1, -0.05) is 36.8 Å². The van der Waals surface area contributed by atoms with Crippen molar-refractivity contribution in [3.8, 4) is 5.75 Å². The standard InChI is InChI=1S/C23H28ClN3O2S2/c1-4-26(5-2)13-14-27(22(28)16-30-19-10-7-17(24)8-11-19)23-25-20-12-9-18(29-6-3)15-21(20)31-23/h7-12,15H,4-6,13-14,16H2,1-3H3. The van der Waals surface area contributed by atoms with Crippen LogP contribution in [0, 0.1) is 0 Å². The van der Waals surface area contributed by atoms with Crippen LogP contribution in [0.5, 0.6) is 5.75 Å². The first-order valence-corrected chi connectivity index (χ1v) is 12.7. The molecule has 0 aliphatic heterocycles. The first-order chi connectivity index (χ1) is 15.0. The molecule has 1 amide bonds. The molecule has 0 N–H and O–H groups in total. The molecule has 166 valence electrons. The van der Waals surface area contributed by atoms with E-state index in [4.69, 9.17) is 21.3 Å². The van der Waals surface area contributed by atoms with Crippen molar-refractivity contribution >= 4 is 56.0 Å². The zero-order valence-electron chi connectivity index (χ0n) is 18.1. The van der Waals surface area contributed by atoms with Gasteiger partial charge in [0.25, 0.3) is 0 Å². The number of likely N-dealkylation sites (N-methyl/N-ethyl adjacent to an activating group) is 1. The zero-order valence-corrected chi connectivity index (χ0v) is 20.5. The number of fused-ring (bicyclic) bond motifs is 1. The van der Waals surface area contributed by atoms with Gasteiger partial charge in [0.05, 0.1) is 22.6 Å². The summed E-state index contributed by atoms with van der Waals surface area (Å²) in [4.78, 5) is 23.1. The summed E-state index contributed by atoms with van der Waals surface area (Å²) in [5.74, 6) is 1.22. The number of ether oxygens (including phenoxy) is 1. The van der Waals surface area contributed by atoms with E-state index in [0.717, 1.165) is 45.6 Å². The molecule has 0 unspecified atom stereocenters. The van der Waals surface area contributed by atoms with Gasteiger partial charge in [0.2, 0.25) is 5.91 Å². The van der Waals surface area contributed by atoms with Crippen molar-refractivity contribution < 1.29 is 9.53 Å². The van der Waals surface area contributed by atoms with Crippen LogP contribution in [0.2, 0.25) is 5.02 Å². The van der Waals surface area contributed by atoms with Crippen molar-refractivity contribution in [1.82, 2.24) is 9.88 Å². The fourth-order valence-electron chi connectivity index (χ4n) is 3.13. The highest BCUT2D eigenvalue weighted by Crippen LogP contribution is 2.32. The van der Waals surface area contributed by atoms with Crippen LogP contribution < -0.4 is 9.64 Å². The van der Waals surface area contributed by atoms with Crippen LogP contribution in [0.1, 0.15) is 20.8 Å². The molecular weight excluding hydrogens is 450 g/mol. The van der Waals surface area contributed by atoms with E-state index in [-0.39, 0.29) is 5.91 Å². The number of thioether (sulfide) groups is 1. The van der Waals surface area contributed by atoms with Gasteiger partial charge in [0.15, 0.2) is 5.13 Å². The second-order valence-corrected chi connectivity index (χ2v) is 9.37. The summed E-state index contributed by atoms with van der Waals surface area (Å²) in [7, 11) is 0. The molecular formula is C23H28ClN3O2S2. The Morgan fingerprint density at radius 2 is 1.84 bits per heavy atom. The van der Waals surface area contributed by atoms with Gasteiger partial charge in [-0.2, -0.15) is 0 Å². The highest BCUT2D eigenvalue weighted by molar-refractivity contribution is 8.00. The number of aromatic nitrogens is 1. The van der Waals surface area contributed by atoms with Gasteiger partial charge in [0, 0.05) is 23.0 Å². The normalized spacial score (nSPS) is 11.3. The summed E-state index contributed by atoms with van der Waals surface area (Å²) in [6, 6.07) is 13.4. The lowest BCUT2D eigenvalue weighted by atomic mass is 10.3. The van der Waals surface area contributed by atoms with Gasteiger partial charge < -0.3 is 9.64 Å². The van der Waals surface area contributed by atoms with Crippen LogP contribution in [-0.4, -0.2) is 54.3 Å². The molecule has 0 radical (unpaired) electrons. The SMILES string of the molecule is CCOc1ccc2nc(N(CCN(CC)CC)C(=O)CSc3ccc(Cl)cc3)sc2c1. The van der Waals surface area contributed by atoms with E-state index >= 15 is 0 Å². The monoisotopic (exact) mass is 477 g/mol. The van der Waals surface area contributed by atoms with E-state index in [1.54, 1.807) is 0 Å². The van der Waals surface area contributed by atoms with E-state index < -0.39 is 0 Å². The number of benzene rings is 2. The minimum Gasteiger partial charge on any atom is -0.494 e. The third kappa shape index (κ3) is 6.59. The summed E-state index contributed by atoms with van der Waals surface area (Å²) < 4.78 is 6.63. The molecule has 3 aromatic rings.